The van der Waals surface area contributed by atoms with Gasteiger partial charge < -0.3 is 29.8 Å². The van der Waals surface area contributed by atoms with Gasteiger partial charge in [-0.2, -0.15) is 13.9 Å². The van der Waals surface area contributed by atoms with E-state index in [1.807, 2.05) is 5.09 Å². The third-order valence-corrected chi connectivity index (χ3v) is 7.95. The van der Waals surface area contributed by atoms with E-state index in [4.69, 9.17) is 26.2 Å². The summed E-state index contributed by atoms with van der Waals surface area (Å²) in [6, 6.07) is 2.27. The van der Waals surface area contributed by atoms with Crippen molar-refractivity contribution in [2.75, 3.05) is 17.4 Å². The summed E-state index contributed by atoms with van der Waals surface area (Å²) in [5.41, 5.74) is -0.274. The maximum absolute atomic E-state index is 13.0. The smallest absolute Gasteiger partial charge is 0.429 e. The second-order valence-corrected chi connectivity index (χ2v) is 11.3. The molecule has 2 aliphatic heterocycles. The van der Waals surface area contributed by atoms with Crippen LogP contribution in [0, 0.1) is 0 Å². The predicted molar refractivity (Wildman–Crippen MR) is 132 cm³/mol. The van der Waals surface area contributed by atoms with Gasteiger partial charge in [0, 0.05) is 28.9 Å². The van der Waals surface area contributed by atoms with Crippen LogP contribution >= 0.6 is 42.6 Å². The number of fused-ring (bicyclic) bond motifs is 1. The van der Waals surface area contributed by atoms with E-state index >= 15 is 0 Å². The van der Waals surface area contributed by atoms with Crippen molar-refractivity contribution in [3.05, 3.63) is 46.6 Å². The molecule has 4 heterocycles. The largest absolute Gasteiger partial charge is 0.543 e. The number of nitrogens with one attached hydrogen (secondary N) is 2. The third kappa shape index (κ3) is 6.14. The Bertz CT molecular complexity index is 1400. The SMILES string of the molecule is CCON=C(C(=O)NC1C(=O)N2C(C(=O)[O-])=C(C[n+]3cccc(Cl)c3)CS[C@H]12)c1nsc(NP(=O)(O)O)n1. The molecule has 2 aromatic heterocycles. The van der Waals surface area contributed by atoms with E-state index in [1.165, 1.54) is 11.8 Å². The highest BCUT2D eigenvalue weighted by molar-refractivity contribution is 8.00. The summed E-state index contributed by atoms with van der Waals surface area (Å²) in [5.74, 6) is -3.16. The molecule has 0 bridgehead atoms. The van der Waals surface area contributed by atoms with Gasteiger partial charge in [0.2, 0.25) is 16.7 Å². The summed E-state index contributed by atoms with van der Waals surface area (Å²) in [6.45, 7) is 1.85. The summed E-state index contributed by atoms with van der Waals surface area (Å²) in [7, 11) is -4.67. The number of hydrogen-bond donors (Lipinski definition) is 4. The second-order valence-electron chi connectivity index (χ2n) is 7.73. The Morgan fingerprint density at radius 2 is 2.21 bits per heavy atom. The van der Waals surface area contributed by atoms with Crippen LogP contribution in [0.3, 0.4) is 0 Å². The maximum Gasteiger partial charge on any atom is 0.429 e. The Balaban J connectivity index is 1.52. The number of anilines is 1. The van der Waals surface area contributed by atoms with Crippen molar-refractivity contribution in [3.8, 4) is 0 Å². The number of β-lactam (4-membered cyclic amide) rings is 1. The second kappa shape index (κ2) is 11.3. The van der Waals surface area contributed by atoms with Crippen LogP contribution in [0.1, 0.15) is 12.7 Å². The molecule has 2 aliphatic rings. The molecular weight excluding hydrogens is 585 g/mol. The van der Waals surface area contributed by atoms with Gasteiger partial charge in [0.25, 0.3) is 11.8 Å². The number of hydrogen-bond acceptors (Lipinski definition) is 11. The molecule has 0 spiro atoms. The fraction of sp³-hybridized carbons (Fsp3) is 0.316. The third-order valence-electron chi connectivity index (χ3n) is 5.10. The number of carbonyl (C=O) groups is 3. The van der Waals surface area contributed by atoms with E-state index in [-0.39, 0.29) is 35.6 Å². The van der Waals surface area contributed by atoms with Crippen molar-refractivity contribution >= 4 is 71.3 Å². The molecule has 4 N–H and O–H groups in total. The zero-order chi connectivity index (χ0) is 27.6. The molecule has 0 aliphatic carbocycles. The molecule has 1 unspecified atom stereocenters. The van der Waals surface area contributed by atoms with Gasteiger partial charge in [0.15, 0.2) is 18.9 Å². The van der Waals surface area contributed by atoms with E-state index in [9.17, 15) is 24.1 Å². The number of carboxylic acid groups (broad SMARTS) is 1. The number of oxime groups is 1. The molecule has 0 aromatic carbocycles. The van der Waals surface area contributed by atoms with Crippen molar-refractivity contribution in [2.45, 2.75) is 24.9 Å². The van der Waals surface area contributed by atoms with E-state index in [0.29, 0.717) is 22.1 Å². The van der Waals surface area contributed by atoms with Crippen molar-refractivity contribution in [3.63, 3.8) is 0 Å². The number of nitrogens with zero attached hydrogens (tertiary/aromatic N) is 5. The van der Waals surface area contributed by atoms with Gasteiger partial charge in [-0.3, -0.25) is 19.6 Å². The summed E-state index contributed by atoms with van der Waals surface area (Å²) in [6.07, 6.45) is 3.32. The molecule has 19 heteroatoms. The summed E-state index contributed by atoms with van der Waals surface area (Å²) in [5, 5.41) is 19.5. The number of halogens is 1. The molecule has 0 radical (unpaired) electrons. The predicted octanol–water partition coefficient (Wildman–Crippen LogP) is -1.17. The molecular formula is C19H19ClN7O8PS2. The van der Waals surface area contributed by atoms with Crippen LogP contribution in [-0.4, -0.2) is 71.3 Å². The highest BCUT2D eigenvalue weighted by Crippen LogP contribution is 2.40. The Hall–Kier alpha value is -3.08. The zero-order valence-corrected chi connectivity index (χ0v) is 22.6. The summed E-state index contributed by atoms with van der Waals surface area (Å²) < 4.78 is 16.7. The number of rotatable bonds is 10. The number of thioether (sulfide) groups is 1. The lowest BCUT2D eigenvalue weighted by atomic mass is 10.0. The van der Waals surface area contributed by atoms with Crippen molar-refractivity contribution in [2.24, 2.45) is 5.16 Å². The highest BCUT2D eigenvalue weighted by Gasteiger charge is 2.53. The molecule has 1 saturated heterocycles. The number of carbonyl (C=O) groups excluding carboxylic acids is 3. The molecule has 2 amide bonds. The first kappa shape index (κ1) is 27.9. The van der Waals surface area contributed by atoms with Crippen LogP contribution in [0.25, 0.3) is 0 Å². The molecule has 2 aromatic rings. The lowest BCUT2D eigenvalue weighted by molar-refractivity contribution is -0.689. The fourth-order valence-electron chi connectivity index (χ4n) is 3.61. The minimum absolute atomic E-state index is 0.0797. The van der Waals surface area contributed by atoms with Gasteiger partial charge in [-0.1, -0.05) is 16.8 Å². The Kier molecular flexibility index (Phi) is 8.34. The van der Waals surface area contributed by atoms with Crippen LogP contribution in [0.4, 0.5) is 5.13 Å². The number of carboxylic acids is 1. The van der Waals surface area contributed by atoms with Gasteiger partial charge in [-0.15, -0.1) is 11.8 Å². The van der Waals surface area contributed by atoms with Gasteiger partial charge in [-0.05, 0) is 13.0 Å². The number of amides is 2. The first-order valence-electron chi connectivity index (χ1n) is 10.7. The van der Waals surface area contributed by atoms with Crippen LogP contribution in [0.5, 0.6) is 0 Å². The van der Waals surface area contributed by atoms with Gasteiger partial charge in [0.1, 0.15) is 23.0 Å². The number of pyridine rings is 1. The number of aliphatic carboxylic acids is 1. The average molecular weight is 604 g/mol. The monoisotopic (exact) mass is 603 g/mol. The lowest BCUT2D eigenvalue weighted by Gasteiger charge is -2.50. The normalized spacial score (nSPS) is 19.5. The minimum Gasteiger partial charge on any atom is -0.543 e. The maximum atomic E-state index is 13.0. The Morgan fingerprint density at radius 3 is 2.87 bits per heavy atom. The Morgan fingerprint density at radius 1 is 1.45 bits per heavy atom. The van der Waals surface area contributed by atoms with Gasteiger partial charge in [-0.25, -0.2) is 4.57 Å². The topological polar surface area (TPSA) is 210 Å². The zero-order valence-electron chi connectivity index (χ0n) is 19.3. The van der Waals surface area contributed by atoms with Crippen molar-refractivity contribution in [1.29, 1.82) is 0 Å². The highest BCUT2D eigenvalue weighted by atomic mass is 35.5. The van der Waals surface area contributed by atoms with E-state index in [2.05, 4.69) is 19.8 Å². The summed E-state index contributed by atoms with van der Waals surface area (Å²) in [4.78, 5) is 65.9. The molecule has 202 valence electrons. The molecule has 4 rings (SSSR count). The average Bonchev–Trinajstić information content (AvgIpc) is 3.28. The molecule has 38 heavy (non-hydrogen) atoms. The minimum atomic E-state index is -4.67. The quantitative estimate of drug-likeness (QED) is 0.0832. The van der Waals surface area contributed by atoms with E-state index < -0.39 is 42.7 Å². The first-order valence-corrected chi connectivity index (χ1v) is 14.5. The molecule has 2 atom stereocenters. The van der Waals surface area contributed by atoms with E-state index in [0.717, 1.165) is 4.90 Å². The van der Waals surface area contributed by atoms with Crippen molar-refractivity contribution < 1.29 is 43.2 Å². The van der Waals surface area contributed by atoms with E-state index in [1.54, 1.807) is 36.0 Å². The van der Waals surface area contributed by atoms with Crippen LogP contribution in [0.15, 0.2) is 41.0 Å². The van der Waals surface area contributed by atoms with Crippen LogP contribution < -0.4 is 20.1 Å². The Labute approximate surface area is 227 Å². The molecule has 1 fully saturated rings. The lowest BCUT2D eigenvalue weighted by Crippen LogP contribution is -2.71. The molecule has 15 nitrogen and oxygen atoms in total. The first-order chi connectivity index (χ1) is 18.0. The standard InChI is InChI=1S/C19H19ClN7O8PS2/c1-2-35-23-11(14-22-19(38-25-14)24-36(32,33)34)15(28)21-12-16(29)27-13(18(30)31)9(8-37-17(12)27)6-26-5-3-4-10(20)7-26/h3-5,7,12,17H,2,6,8H2,1H3,(H4-,21,22,24,25,28,30,31,32,33,34)/t12?,17-/m1/s1. The fourth-order valence-corrected chi connectivity index (χ4v) is 6.39. The van der Waals surface area contributed by atoms with Crippen molar-refractivity contribution in [1.82, 2.24) is 19.6 Å². The number of aromatic nitrogens is 3. The van der Waals surface area contributed by atoms with Gasteiger partial charge in [0.05, 0.1) is 11.7 Å². The van der Waals surface area contributed by atoms with Crippen LogP contribution in [-0.2, 0) is 30.3 Å². The van der Waals surface area contributed by atoms with Crippen LogP contribution in [0.2, 0.25) is 5.02 Å². The molecule has 0 saturated carbocycles. The van der Waals surface area contributed by atoms with Gasteiger partial charge >= 0.3 is 7.75 Å². The summed E-state index contributed by atoms with van der Waals surface area (Å²) >= 11 is 7.83.